The number of anilines is 3. The maximum absolute atomic E-state index is 5.85. The predicted octanol–water partition coefficient (Wildman–Crippen LogP) is 3.06. The monoisotopic (exact) mass is 241 g/mol. The number of ether oxygens (including phenoxy) is 1. The highest BCUT2D eigenvalue weighted by atomic mass is 16.5. The van der Waals surface area contributed by atoms with Crippen molar-refractivity contribution in [2.75, 3.05) is 18.2 Å². The van der Waals surface area contributed by atoms with Gasteiger partial charge in [-0.1, -0.05) is 24.8 Å². The van der Waals surface area contributed by atoms with Crippen LogP contribution in [0.4, 0.5) is 17.2 Å². The molecule has 0 aliphatic heterocycles. The van der Waals surface area contributed by atoms with E-state index in [9.17, 15) is 0 Å². The summed E-state index contributed by atoms with van der Waals surface area (Å²) in [6.45, 7) is 3.71. The fourth-order valence-corrected chi connectivity index (χ4v) is 1.51. The molecule has 92 valence electrons. The van der Waals surface area contributed by atoms with E-state index in [-0.39, 0.29) is 0 Å². The molecule has 0 saturated heterocycles. The molecule has 0 unspecified atom stereocenters. The molecule has 0 amide bonds. The smallest absolute Gasteiger partial charge is 0.215 e. The van der Waals surface area contributed by atoms with Crippen LogP contribution in [0, 0.1) is 0 Å². The van der Waals surface area contributed by atoms with Crippen molar-refractivity contribution in [1.82, 2.24) is 4.98 Å². The fourth-order valence-electron chi connectivity index (χ4n) is 1.51. The SMILES string of the molecule is C=Cc1ccc(Nc2nc(OC)ccc2N)cc1. The molecule has 2 rings (SSSR count). The normalized spacial score (nSPS) is 9.83. The second-order valence-electron chi connectivity index (χ2n) is 3.74. The van der Waals surface area contributed by atoms with E-state index < -0.39 is 0 Å². The topological polar surface area (TPSA) is 60.2 Å². The van der Waals surface area contributed by atoms with Gasteiger partial charge in [0.15, 0.2) is 5.82 Å². The molecule has 4 nitrogen and oxygen atoms in total. The lowest BCUT2D eigenvalue weighted by Gasteiger charge is -2.09. The van der Waals surface area contributed by atoms with Gasteiger partial charge in [0.05, 0.1) is 12.8 Å². The summed E-state index contributed by atoms with van der Waals surface area (Å²) >= 11 is 0. The second kappa shape index (κ2) is 5.23. The largest absolute Gasteiger partial charge is 0.481 e. The fraction of sp³-hybridized carbons (Fsp3) is 0.0714. The summed E-state index contributed by atoms with van der Waals surface area (Å²) in [6, 6.07) is 11.3. The molecule has 0 saturated carbocycles. The molecule has 0 bridgehead atoms. The zero-order valence-electron chi connectivity index (χ0n) is 10.2. The molecule has 0 radical (unpaired) electrons. The van der Waals surface area contributed by atoms with Gasteiger partial charge in [-0.15, -0.1) is 0 Å². The number of rotatable bonds is 4. The number of nitrogens with two attached hydrogens (primary N) is 1. The third-order valence-corrected chi connectivity index (χ3v) is 2.52. The van der Waals surface area contributed by atoms with Crippen molar-refractivity contribution in [2.45, 2.75) is 0 Å². The van der Waals surface area contributed by atoms with E-state index in [0.29, 0.717) is 17.4 Å². The first-order valence-corrected chi connectivity index (χ1v) is 5.53. The van der Waals surface area contributed by atoms with Crippen LogP contribution in [0.5, 0.6) is 5.88 Å². The van der Waals surface area contributed by atoms with Crippen molar-refractivity contribution < 1.29 is 4.74 Å². The van der Waals surface area contributed by atoms with Crippen molar-refractivity contribution in [3.63, 3.8) is 0 Å². The lowest BCUT2D eigenvalue weighted by Crippen LogP contribution is -2.00. The summed E-state index contributed by atoms with van der Waals surface area (Å²) in [5, 5.41) is 3.15. The van der Waals surface area contributed by atoms with Crippen LogP contribution >= 0.6 is 0 Å². The number of hydrogen-bond acceptors (Lipinski definition) is 4. The van der Waals surface area contributed by atoms with Gasteiger partial charge in [-0.05, 0) is 23.8 Å². The Morgan fingerprint density at radius 3 is 2.56 bits per heavy atom. The average Bonchev–Trinajstić information content (AvgIpc) is 2.42. The molecule has 0 atom stereocenters. The van der Waals surface area contributed by atoms with Crippen molar-refractivity contribution in [3.05, 3.63) is 48.5 Å². The Bertz CT molecular complexity index is 549. The molecule has 0 fully saturated rings. The van der Waals surface area contributed by atoms with Gasteiger partial charge in [0.1, 0.15) is 0 Å². The zero-order valence-corrected chi connectivity index (χ0v) is 10.2. The van der Waals surface area contributed by atoms with E-state index in [2.05, 4.69) is 16.9 Å². The first kappa shape index (κ1) is 12.0. The van der Waals surface area contributed by atoms with Crippen molar-refractivity contribution >= 4 is 23.3 Å². The Hall–Kier alpha value is -2.49. The van der Waals surface area contributed by atoms with E-state index in [1.807, 2.05) is 24.3 Å². The lowest BCUT2D eigenvalue weighted by atomic mass is 10.2. The van der Waals surface area contributed by atoms with Crippen LogP contribution in [0.2, 0.25) is 0 Å². The van der Waals surface area contributed by atoms with Gasteiger partial charge in [0.25, 0.3) is 0 Å². The summed E-state index contributed by atoms with van der Waals surface area (Å²) < 4.78 is 5.06. The van der Waals surface area contributed by atoms with E-state index in [1.165, 1.54) is 0 Å². The summed E-state index contributed by atoms with van der Waals surface area (Å²) in [6.07, 6.45) is 1.79. The van der Waals surface area contributed by atoms with Crippen LogP contribution < -0.4 is 15.8 Å². The standard InChI is InChI=1S/C14H15N3O/c1-3-10-4-6-11(7-5-10)16-14-12(15)8-9-13(17-14)18-2/h3-9H,1,15H2,2H3,(H,16,17). The molecule has 3 N–H and O–H groups in total. The molecule has 0 aliphatic carbocycles. The van der Waals surface area contributed by atoms with Crippen molar-refractivity contribution in [1.29, 1.82) is 0 Å². The van der Waals surface area contributed by atoms with Crippen LogP contribution in [0.3, 0.4) is 0 Å². The molecular weight excluding hydrogens is 226 g/mol. The van der Waals surface area contributed by atoms with Crippen LogP contribution in [0.1, 0.15) is 5.56 Å². The van der Waals surface area contributed by atoms with E-state index in [1.54, 1.807) is 25.3 Å². The third kappa shape index (κ3) is 2.60. The third-order valence-electron chi connectivity index (χ3n) is 2.52. The molecule has 1 aromatic carbocycles. The Kier molecular flexibility index (Phi) is 3.48. The number of pyridine rings is 1. The van der Waals surface area contributed by atoms with Crippen LogP contribution in [-0.2, 0) is 0 Å². The summed E-state index contributed by atoms with van der Waals surface area (Å²) in [5.41, 5.74) is 8.40. The zero-order chi connectivity index (χ0) is 13.0. The van der Waals surface area contributed by atoms with Gasteiger partial charge < -0.3 is 15.8 Å². The highest BCUT2D eigenvalue weighted by molar-refractivity contribution is 5.69. The maximum Gasteiger partial charge on any atom is 0.215 e. The summed E-state index contributed by atoms with van der Waals surface area (Å²) in [4.78, 5) is 4.25. The van der Waals surface area contributed by atoms with Gasteiger partial charge in [-0.3, -0.25) is 0 Å². The average molecular weight is 241 g/mol. The van der Waals surface area contributed by atoms with E-state index in [0.717, 1.165) is 11.3 Å². The minimum Gasteiger partial charge on any atom is -0.481 e. The second-order valence-corrected chi connectivity index (χ2v) is 3.74. The van der Waals surface area contributed by atoms with Gasteiger partial charge in [0, 0.05) is 11.8 Å². The Labute approximate surface area is 106 Å². The number of nitrogen functional groups attached to an aromatic ring is 1. The molecule has 2 aromatic rings. The number of methoxy groups -OCH3 is 1. The van der Waals surface area contributed by atoms with E-state index >= 15 is 0 Å². The predicted molar refractivity (Wildman–Crippen MR) is 75.0 cm³/mol. The van der Waals surface area contributed by atoms with Crippen molar-refractivity contribution in [2.24, 2.45) is 0 Å². The number of nitrogens with one attached hydrogen (secondary N) is 1. The number of nitrogens with zero attached hydrogens (tertiary/aromatic N) is 1. The van der Waals surface area contributed by atoms with Gasteiger partial charge >= 0.3 is 0 Å². The van der Waals surface area contributed by atoms with Crippen molar-refractivity contribution in [3.8, 4) is 5.88 Å². The first-order chi connectivity index (χ1) is 8.72. The summed E-state index contributed by atoms with van der Waals surface area (Å²) in [7, 11) is 1.57. The molecule has 0 spiro atoms. The Morgan fingerprint density at radius 1 is 1.22 bits per heavy atom. The van der Waals surface area contributed by atoms with Gasteiger partial charge in [-0.25, -0.2) is 0 Å². The maximum atomic E-state index is 5.85. The molecule has 18 heavy (non-hydrogen) atoms. The molecular formula is C14H15N3O. The minimum absolute atomic E-state index is 0.523. The highest BCUT2D eigenvalue weighted by Gasteiger charge is 2.03. The number of hydrogen-bond donors (Lipinski definition) is 2. The quantitative estimate of drug-likeness (QED) is 0.863. The summed E-state index contributed by atoms with van der Waals surface area (Å²) in [5.74, 6) is 1.11. The van der Waals surface area contributed by atoms with E-state index in [4.69, 9.17) is 10.5 Å². The van der Waals surface area contributed by atoms with Crippen LogP contribution in [0.15, 0.2) is 43.0 Å². The number of benzene rings is 1. The lowest BCUT2D eigenvalue weighted by molar-refractivity contribution is 0.398. The first-order valence-electron chi connectivity index (χ1n) is 5.53. The molecule has 0 aliphatic rings. The Morgan fingerprint density at radius 2 is 1.94 bits per heavy atom. The highest BCUT2D eigenvalue weighted by Crippen LogP contribution is 2.23. The van der Waals surface area contributed by atoms with Gasteiger partial charge in [0.2, 0.25) is 5.88 Å². The molecule has 1 heterocycles. The van der Waals surface area contributed by atoms with Gasteiger partial charge in [-0.2, -0.15) is 4.98 Å². The minimum atomic E-state index is 0.523. The molecule has 1 aromatic heterocycles. The number of aromatic nitrogens is 1. The molecule has 4 heteroatoms. The van der Waals surface area contributed by atoms with Crippen LogP contribution in [0.25, 0.3) is 6.08 Å². The van der Waals surface area contributed by atoms with Crippen LogP contribution in [-0.4, -0.2) is 12.1 Å². The Balaban J connectivity index is 2.24.